The molecule has 0 atom stereocenters. The minimum atomic E-state index is 0.763. The van der Waals surface area contributed by atoms with Gasteiger partial charge in [0.2, 0.25) is 0 Å². The first-order valence-electron chi connectivity index (χ1n) is 4.73. The molecule has 0 radical (unpaired) electrons. The minimum absolute atomic E-state index is 0.763. The number of nitrogens with zero attached hydrogens (tertiary/aromatic N) is 3. The second kappa shape index (κ2) is 4.04. The Hall–Kier alpha value is -1.97. The number of aromatic nitrogens is 3. The smallest absolute Gasteiger partial charge is 0.148 e. The molecule has 0 bridgehead atoms. The Bertz CT molecular complexity index is 450. The van der Waals surface area contributed by atoms with Crippen LogP contribution in [0.1, 0.15) is 5.56 Å². The average molecular weight is 200 g/mol. The topological polar surface area (TPSA) is 50.7 Å². The zero-order valence-corrected chi connectivity index (χ0v) is 8.73. The first kappa shape index (κ1) is 9.58. The number of aryl methyl sites for hydroxylation is 1. The molecule has 1 N–H and O–H groups in total. The van der Waals surface area contributed by atoms with Gasteiger partial charge in [0, 0.05) is 25.0 Å². The Morgan fingerprint density at radius 1 is 1.13 bits per heavy atom. The summed E-state index contributed by atoms with van der Waals surface area (Å²) in [5, 5.41) is 11.1. The lowest BCUT2D eigenvalue weighted by atomic mass is 10.1. The van der Waals surface area contributed by atoms with E-state index < -0.39 is 0 Å². The number of pyridine rings is 1. The van der Waals surface area contributed by atoms with Gasteiger partial charge in [-0.05, 0) is 30.7 Å². The minimum Gasteiger partial charge on any atom is -0.372 e. The third kappa shape index (κ3) is 2.10. The number of hydrogen-bond acceptors (Lipinski definition) is 4. The summed E-state index contributed by atoms with van der Waals surface area (Å²) in [6, 6.07) is 5.86. The summed E-state index contributed by atoms with van der Waals surface area (Å²) in [6.45, 7) is 2.01. The van der Waals surface area contributed by atoms with Gasteiger partial charge in [-0.3, -0.25) is 4.98 Å². The highest BCUT2D eigenvalue weighted by atomic mass is 15.2. The van der Waals surface area contributed by atoms with E-state index in [9.17, 15) is 0 Å². The van der Waals surface area contributed by atoms with Crippen molar-refractivity contribution in [2.45, 2.75) is 6.92 Å². The SMILES string of the molecule is CNc1ccc(-c2cncc(C)c2)nn1. The summed E-state index contributed by atoms with van der Waals surface area (Å²) in [6.07, 6.45) is 3.61. The fourth-order valence-corrected chi connectivity index (χ4v) is 1.31. The molecule has 4 nitrogen and oxygen atoms in total. The lowest BCUT2D eigenvalue weighted by Crippen LogP contribution is -1.95. The Morgan fingerprint density at radius 3 is 2.60 bits per heavy atom. The average Bonchev–Trinajstić information content (AvgIpc) is 2.29. The molecule has 2 rings (SSSR count). The van der Waals surface area contributed by atoms with E-state index >= 15 is 0 Å². The highest BCUT2D eigenvalue weighted by Crippen LogP contribution is 2.16. The van der Waals surface area contributed by atoms with E-state index in [0.29, 0.717) is 0 Å². The molecule has 0 unspecified atom stereocenters. The number of rotatable bonds is 2. The van der Waals surface area contributed by atoms with Gasteiger partial charge in [0.15, 0.2) is 0 Å². The normalized spacial score (nSPS) is 10.0. The third-order valence-corrected chi connectivity index (χ3v) is 2.09. The first-order chi connectivity index (χ1) is 7.29. The van der Waals surface area contributed by atoms with E-state index in [4.69, 9.17) is 0 Å². The van der Waals surface area contributed by atoms with Crippen LogP contribution >= 0.6 is 0 Å². The second-order valence-corrected chi connectivity index (χ2v) is 3.30. The van der Waals surface area contributed by atoms with Crippen molar-refractivity contribution >= 4 is 5.82 Å². The van der Waals surface area contributed by atoms with Gasteiger partial charge in [0.1, 0.15) is 5.82 Å². The molecule has 0 fully saturated rings. The van der Waals surface area contributed by atoms with Crippen molar-refractivity contribution in [3.8, 4) is 11.3 Å². The molecule has 2 aromatic rings. The molecule has 0 saturated carbocycles. The fraction of sp³-hybridized carbons (Fsp3) is 0.182. The van der Waals surface area contributed by atoms with Crippen LogP contribution in [0.3, 0.4) is 0 Å². The Morgan fingerprint density at radius 2 is 2.00 bits per heavy atom. The summed E-state index contributed by atoms with van der Waals surface area (Å²) in [4.78, 5) is 4.12. The molecule has 0 spiro atoms. The Kier molecular flexibility index (Phi) is 2.58. The molecule has 0 amide bonds. The molecule has 0 aliphatic carbocycles. The van der Waals surface area contributed by atoms with Crippen molar-refractivity contribution in [1.29, 1.82) is 0 Å². The van der Waals surface area contributed by atoms with Crippen LogP contribution in [0.25, 0.3) is 11.3 Å². The fourth-order valence-electron chi connectivity index (χ4n) is 1.31. The summed E-state index contributed by atoms with van der Waals surface area (Å²) in [5.74, 6) is 0.763. The zero-order valence-electron chi connectivity index (χ0n) is 8.73. The van der Waals surface area contributed by atoms with Gasteiger partial charge in [-0.15, -0.1) is 10.2 Å². The van der Waals surface area contributed by atoms with Crippen LogP contribution in [0.5, 0.6) is 0 Å². The molecule has 4 heteroatoms. The van der Waals surface area contributed by atoms with Crippen molar-refractivity contribution < 1.29 is 0 Å². The Balaban J connectivity index is 2.37. The van der Waals surface area contributed by atoms with Crippen LogP contribution in [0, 0.1) is 6.92 Å². The maximum atomic E-state index is 4.12. The maximum Gasteiger partial charge on any atom is 0.148 e. The summed E-state index contributed by atoms with van der Waals surface area (Å²) < 4.78 is 0. The van der Waals surface area contributed by atoms with Gasteiger partial charge in [-0.1, -0.05) is 0 Å². The predicted molar refractivity (Wildman–Crippen MR) is 59.5 cm³/mol. The Labute approximate surface area is 88.4 Å². The second-order valence-electron chi connectivity index (χ2n) is 3.30. The van der Waals surface area contributed by atoms with Gasteiger partial charge in [-0.25, -0.2) is 0 Å². The maximum absolute atomic E-state index is 4.12. The van der Waals surface area contributed by atoms with Gasteiger partial charge in [-0.2, -0.15) is 0 Å². The summed E-state index contributed by atoms with van der Waals surface area (Å²) in [7, 11) is 1.82. The molecule has 15 heavy (non-hydrogen) atoms. The van der Waals surface area contributed by atoms with Crippen molar-refractivity contribution in [2.75, 3.05) is 12.4 Å². The van der Waals surface area contributed by atoms with Gasteiger partial charge >= 0.3 is 0 Å². The van der Waals surface area contributed by atoms with E-state index in [1.807, 2.05) is 38.4 Å². The van der Waals surface area contributed by atoms with Crippen LogP contribution in [-0.2, 0) is 0 Å². The largest absolute Gasteiger partial charge is 0.372 e. The lowest BCUT2D eigenvalue weighted by Gasteiger charge is -2.01. The van der Waals surface area contributed by atoms with E-state index in [-0.39, 0.29) is 0 Å². The zero-order chi connectivity index (χ0) is 10.7. The molecule has 0 aliphatic rings. The molecule has 0 saturated heterocycles. The van der Waals surface area contributed by atoms with E-state index in [1.165, 1.54) is 0 Å². The number of anilines is 1. The molecule has 2 heterocycles. The van der Waals surface area contributed by atoms with Crippen molar-refractivity contribution in [3.63, 3.8) is 0 Å². The molecule has 2 aromatic heterocycles. The highest BCUT2D eigenvalue weighted by molar-refractivity contribution is 5.58. The van der Waals surface area contributed by atoms with E-state index in [0.717, 1.165) is 22.6 Å². The van der Waals surface area contributed by atoms with Crippen molar-refractivity contribution in [1.82, 2.24) is 15.2 Å². The van der Waals surface area contributed by atoms with Gasteiger partial charge in [0.05, 0.1) is 5.69 Å². The van der Waals surface area contributed by atoms with Crippen molar-refractivity contribution in [2.24, 2.45) is 0 Å². The monoisotopic (exact) mass is 200 g/mol. The summed E-state index contributed by atoms with van der Waals surface area (Å²) in [5.41, 5.74) is 2.95. The van der Waals surface area contributed by atoms with Crippen LogP contribution in [0.2, 0.25) is 0 Å². The van der Waals surface area contributed by atoms with Crippen LogP contribution in [0.4, 0.5) is 5.82 Å². The lowest BCUT2D eigenvalue weighted by molar-refractivity contribution is 1.03. The van der Waals surface area contributed by atoms with Crippen LogP contribution < -0.4 is 5.32 Å². The highest BCUT2D eigenvalue weighted by Gasteiger charge is 2.00. The first-order valence-corrected chi connectivity index (χ1v) is 4.73. The molecule has 0 aromatic carbocycles. The van der Waals surface area contributed by atoms with Crippen molar-refractivity contribution in [3.05, 3.63) is 36.2 Å². The van der Waals surface area contributed by atoms with Crippen LogP contribution in [0.15, 0.2) is 30.6 Å². The molecular weight excluding hydrogens is 188 g/mol. The van der Waals surface area contributed by atoms with Gasteiger partial charge < -0.3 is 5.32 Å². The summed E-state index contributed by atoms with van der Waals surface area (Å²) >= 11 is 0. The molecule has 76 valence electrons. The van der Waals surface area contributed by atoms with Gasteiger partial charge in [0.25, 0.3) is 0 Å². The standard InChI is InChI=1S/C11H12N4/c1-8-5-9(7-13-6-8)10-3-4-11(12-2)15-14-10/h3-7H,1-2H3,(H,12,15). The number of nitrogens with one attached hydrogen (secondary N) is 1. The van der Waals surface area contributed by atoms with Crippen LogP contribution in [-0.4, -0.2) is 22.2 Å². The number of hydrogen-bond donors (Lipinski definition) is 1. The predicted octanol–water partition coefficient (Wildman–Crippen LogP) is 1.89. The molecular formula is C11H12N4. The quantitative estimate of drug-likeness (QED) is 0.804. The van der Waals surface area contributed by atoms with E-state index in [1.54, 1.807) is 6.20 Å². The molecule has 0 aliphatic heterocycles. The van der Waals surface area contributed by atoms with E-state index in [2.05, 4.69) is 20.5 Å². The third-order valence-electron chi connectivity index (χ3n) is 2.09.